The second-order valence-electron chi connectivity index (χ2n) is 6.25. The highest BCUT2D eigenvalue weighted by molar-refractivity contribution is 9.10. The summed E-state index contributed by atoms with van der Waals surface area (Å²) in [4.78, 5) is 26.2. The summed E-state index contributed by atoms with van der Waals surface area (Å²) < 4.78 is 0.818. The van der Waals surface area contributed by atoms with E-state index in [1.807, 2.05) is 45.9 Å². The SMILES string of the molecule is Cc1ccc(Br)c(N2CC(=O)NC(C(C)(C)C)C2=O)c1. The van der Waals surface area contributed by atoms with E-state index in [1.165, 1.54) is 0 Å². The Kier molecular flexibility index (Phi) is 3.91. The molecule has 0 aliphatic carbocycles. The molecule has 1 aliphatic rings. The van der Waals surface area contributed by atoms with Crippen molar-refractivity contribution in [1.82, 2.24) is 5.32 Å². The Hall–Kier alpha value is -1.36. The second kappa shape index (κ2) is 5.20. The third-order valence-corrected chi connectivity index (χ3v) is 4.05. The molecule has 0 aromatic heterocycles. The maximum Gasteiger partial charge on any atom is 0.250 e. The lowest BCUT2D eigenvalue weighted by atomic mass is 9.84. The van der Waals surface area contributed by atoms with Gasteiger partial charge in [-0.05, 0) is 46.0 Å². The molecule has 1 heterocycles. The third-order valence-electron chi connectivity index (χ3n) is 3.38. The van der Waals surface area contributed by atoms with Crippen molar-refractivity contribution in [3.8, 4) is 0 Å². The van der Waals surface area contributed by atoms with Crippen molar-refractivity contribution in [3.05, 3.63) is 28.2 Å². The Morgan fingerprint density at radius 3 is 2.55 bits per heavy atom. The number of nitrogens with one attached hydrogen (secondary N) is 1. The molecule has 1 aromatic rings. The van der Waals surface area contributed by atoms with Crippen molar-refractivity contribution in [2.75, 3.05) is 11.4 Å². The number of benzene rings is 1. The van der Waals surface area contributed by atoms with E-state index >= 15 is 0 Å². The minimum atomic E-state index is -0.504. The van der Waals surface area contributed by atoms with Crippen LogP contribution in [-0.4, -0.2) is 24.4 Å². The van der Waals surface area contributed by atoms with Gasteiger partial charge in [-0.15, -0.1) is 0 Å². The number of nitrogens with zero attached hydrogens (tertiary/aromatic N) is 1. The standard InChI is InChI=1S/C15H19BrN2O2/c1-9-5-6-10(16)11(7-9)18-8-12(19)17-13(14(18)20)15(2,3)4/h5-7,13H,8H2,1-4H3,(H,17,19). The first-order chi connectivity index (χ1) is 9.20. The lowest BCUT2D eigenvalue weighted by molar-refractivity contribution is -0.133. The van der Waals surface area contributed by atoms with Crippen molar-refractivity contribution in [2.45, 2.75) is 33.7 Å². The zero-order valence-electron chi connectivity index (χ0n) is 12.2. The van der Waals surface area contributed by atoms with Gasteiger partial charge in [0.05, 0.1) is 5.69 Å². The molecule has 1 atom stereocenters. The molecule has 1 aliphatic heterocycles. The molecule has 20 heavy (non-hydrogen) atoms. The van der Waals surface area contributed by atoms with Gasteiger partial charge in [-0.1, -0.05) is 26.8 Å². The van der Waals surface area contributed by atoms with Gasteiger partial charge < -0.3 is 10.2 Å². The number of carbonyl (C=O) groups excluding carboxylic acids is 2. The fourth-order valence-corrected chi connectivity index (χ4v) is 2.73. The molecule has 4 nitrogen and oxygen atoms in total. The quantitative estimate of drug-likeness (QED) is 0.855. The summed E-state index contributed by atoms with van der Waals surface area (Å²) >= 11 is 3.46. The first kappa shape index (κ1) is 15.0. The third kappa shape index (κ3) is 2.87. The van der Waals surface area contributed by atoms with Gasteiger partial charge in [0.15, 0.2) is 0 Å². The van der Waals surface area contributed by atoms with E-state index < -0.39 is 6.04 Å². The van der Waals surface area contributed by atoms with Crippen LogP contribution in [-0.2, 0) is 9.59 Å². The highest BCUT2D eigenvalue weighted by Crippen LogP contribution is 2.31. The van der Waals surface area contributed by atoms with Crippen molar-refractivity contribution >= 4 is 33.4 Å². The summed E-state index contributed by atoms with van der Waals surface area (Å²) in [5.41, 5.74) is 1.48. The van der Waals surface area contributed by atoms with E-state index in [2.05, 4.69) is 21.2 Å². The topological polar surface area (TPSA) is 49.4 Å². The van der Waals surface area contributed by atoms with E-state index in [-0.39, 0.29) is 23.8 Å². The summed E-state index contributed by atoms with van der Waals surface area (Å²) in [7, 11) is 0. The number of hydrogen-bond acceptors (Lipinski definition) is 2. The van der Waals surface area contributed by atoms with E-state index in [0.29, 0.717) is 0 Å². The lowest BCUT2D eigenvalue weighted by Gasteiger charge is -2.39. The minimum Gasteiger partial charge on any atom is -0.342 e. The Morgan fingerprint density at radius 2 is 1.95 bits per heavy atom. The average molecular weight is 339 g/mol. The predicted octanol–water partition coefficient (Wildman–Crippen LogP) is 2.64. The Morgan fingerprint density at radius 1 is 1.30 bits per heavy atom. The molecule has 1 saturated heterocycles. The molecule has 5 heteroatoms. The van der Waals surface area contributed by atoms with Gasteiger partial charge in [-0.2, -0.15) is 0 Å². The summed E-state index contributed by atoms with van der Waals surface area (Å²) in [5, 5.41) is 2.79. The molecule has 1 N–H and O–H groups in total. The molecule has 2 amide bonds. The summed E-state index contributed by atoms with van der Waals surface area (Å²) in [6.45, 7) is 7.87. The molecule has 2 rings (SSSR count). The van der Waals surface area contributed by atoms with Crippen LogP contribution in [0.2, 0.25) is 0 Å². The molecule has 0 spiro atoms. The zero-order valence-corrected chi connectivity index (χ0v) is 13.7. The molecule has 108 valence electrons. The van der Waals surface area contributed by atoms with Gasteiger partial charge >= 0.3 is 0 Å². The van der Waals surface area contributed by atoms with Gasteiger partial charge in [0.25, 0.3) is 5.91 Å². The maximum atomic E-state index is 12.7. The predicted molar refractivity (Wildman–Crippen MR) is 82.6 cm³/mol. The number of aryl methyl sites for hydroxylation is 1. The first-order valence-electron chi connectivity index (χ1n) is 6.57. The van der Waals surface area contributed by atoms with Crippen LogP contribution < -0.4 is 10.2 Å². The molecule has 1 fully saturated rings. The average Bonchev–Trinajstić information content (AvgIpc) is 2.33. The first-order valence-corrected chi connectivity index (χ1v) is 7.36. The van der Waals surface area contributed by atoms with Gasteiger partial charge in [-0.25, -0.2) is 0 Å². The molecule has 0 radical (unpaired) electrons. The van der Waals surface area contributed by atoms with Crippen LogP contribution in [0.25, 0.3) is 0 Å². The normalized spacial score (nSPS) is 20.1. The Labute approximate surface area is 127 Å². The van der Waals surface area contributed by atoms with Crippen LogP contribution in [0.1, 0.15) is 26.3 Å². The number of hydrogen-bond donors (Lipinski definition) is 1. The summed E-state index contributed by atoms with van der Waals surface area (Å²) in [5.74, 6) is -0.193. The number of anilines is 1. The summed E-state index contributed by atoms with van der Waals surface area (Å²) in [6, 6.07) is 5.27. The molecular weight excluding hydrogens is 320 g/mol. The van der Waals surface area contributed by atoms with Crippen molar-refractivity contribution in [3.63, 3.8) is 0 Å². The molecular formula is C15H19BrN2O2. The van der Waals surface area contributed by atoms with E-state index in [9.17, 15) is 9.59 Å². The van der Waals surface area contributed by atoms with Crippen LogP contribution in [0.3, 0.4) is 0 Å². The van der Waals surface area contributed by atoms with Gasteiger partial charge in [0.2, 0.25) is 5.91 Å². The number of carbonyl (C=O) groups is 2. The smallest absolute Gasteiger partial charge is 0.250 e. The van der Waals surface area contributed by atoms with E-state index in [0.717, 1.165) is 15.7 Å². The number of amides is 2. The van der Waals surface area contributed by atoms with Gasteiger partial charge in [-0.3, -0.25) is 9.59 Å². The zero-order chi connectivity index (χ0) is 15.1. The molecule has 0 saturated carbocycles. The molecule has 0 bridgehead atoms. The fraction of sp³-hybridized carbons (Fsp3) is 0.467. The second-order valence-corrected chi connectivity index (χ2v) is 7.10. The van der Waals surface area contributed by atoms with Crippen LogP contribution in [0.4, 0.5) is 5.69 Å². The van der Waals surface area contributed by atoms with Crippen molar-refractivity contribution < 1.29 is 9.59 Å². The van der Waals surface area contributed by atoms with Gasteiger partial charge in [0, 0.05) is 4.47 Å². The molecule has 1 aromatic carbocycles. The van der Waals surface area contributed by atoms with Crippen LogP contribution in [0, 0.1) is 12.3 Å². The number of rotatable bonds is 1. The van der Waals surface area contributed by atoms with Crippen LogP contribution >= 0.6 is 15.9 Å². The Bertz CT molecular complexity index is 563. The number of piperazine rings is 1. The highest BCUT2D eigenvalue weighted by Gasteiger charge is 2.40. The molecule has 1 unspecified atom stereocenters. The maximum absolute atomic E-state index is 12.7. The fourth-order valence-electron chi connectivity index (χ4n) is 2.27. The van der Waals surface area contributed by atoms with Gasteiger partial charge in [0.1, 0.15) is 12.6 Å². The van der Waals surface area contributed by atoms with E-state index in [1.54, 1.807) is 4.90 Å². The van der Waals surface area contributed by atoms with Crippen LogP contribution in [0.5, 0.6) is 0 Å². The minimum absolute atomic E-state index is 0.0630. The van der Waals surface area contributed by atoms with E-state index in [4.69, 9.17) is 0 Å². The van der Waals surface area contributed by atoms with Crippen LogP contribution in [0.15, 0.2) is 22.7 Å². The van der Waals surface area contributed by atoms with Crippen molar-refractivity contribution in [2.24, 2.45) is 5.41 Å². The Balaban J connectivity index is 2.43. The van der Waals surface area contributed by atoms with Crippen molar-refractivity contribution in [1.29, 1.82) is 0 Å². The lowest BCUT2D eigenvalue weighted by Crippen LogP contribution is -2.62. The number of halogens is 1. The monoisotopic (exact) mass is 338 g/mol. The highest BCUT2D eigenvalue weighted by atomic mass is 79.9. The summed E-state index contributed by atoms with van der Waals surface area (Å²) in [6.07, 6.45) is 0. The largest absolute Gasteiger partial charge is 0.342 e.